The van der Waals surface area contributed by atoms with E-state index in [1.54, 1.807) is 38.3 Å². The van der Waals surface area contributed by atoms with Crippen LogP contribution in [0.4, 0.5) is 9.80 Å². The zero-order valence-electron chi connectivity index (χ0n) is 15.0. The number of hydrogen-bond acceptors (Lipinski definition) is 6. The predicted octanol–water partition coefficient (Wildman–Crippen LogP) is 3.05. The van der Waals surface area contributed by atoms with Crippen LogP contribution in [0, 0.1) is 13.8 Å². The number of aryl methyl sites for hydroxylation is 1. The quantitative estimate of drug-likeness (QED) is 0.836. The number of benzene rings is 1. The summed E-state index contributed by atoms with van der Waals surface area (Å²) in [5.74, 6) is -0.164. The molecule has 2 rings (SSSR count). The number of carbonyl (C=O) groups is 3. The Hall–Kier alpha value is -2.87. The second-order valence-electron chi connectivity index (χ2n) is 5.51. The van der Waals surface area contributed by atoms with E-state index in [1.165, 1.54) is 18.4 Å². The molecule has 0 aliphatic rings. The third kappa shape index (κ3) is 4.60. The molecule has 1 heterocycles. The lowest BCUT2D eigenvalue weighted by atomic mass is 10.1. The van der Waals surface area contributed by atoms with E-state index in [9.17, 15) is 14.4 Å². The number of thiophene rings is 1. The number of methoxy groups -OCH3 is 2. The minimum atomic E-state index is -0.853. The molecule has 0 radical (unpaired) electrons. The third-order valence-electron chi connectivity index (χ3n) is 3.79. The fraction of sp³-hybridized carbons (Fsp3) is 0.278. The normalized spacial score (nSPS) is 10.2. The van der Waals surface area contributed by atoms with Crippen LogP contribution < -0.4 is 15.4 Å². The molecular formula is C18H20N2O5S. The SMILES string of the molecule is COC(=O)NC(=O)c1c(NC(=O)Cc2ccc(OC)cc2)sc(C)c1C. The fourth-order valence-corrected chi connectivity index (χ4v) is 3.37. The summed E-state index contributed by atoms with van der Waals surface area (Å²) in [7, 11) is 2.75. The van der Waals surface area contributed by atoms with Gasteiger partial charge in [-0.25, -0.2) is 4.79 Å². The largest absolute Gasteiger partial charge is 0.497 e. The fourth-order valence-electron chi connectivity index (χ4n) is 2.29. The average Bonchev–Trinajstić information content (AvgIpc) is 2.89. The second kappa shape index (κ2) is 8.48. The molecule has 0 unspecified atom stereocenters. The van der Waals surface area contributed by atoms with Gasteiger partial charge in [0.25, 0.3) is 5.91 Å². The van der Waals surface area contributed by atoms with Gasteiger partial charge in [0.1, 0.15) is 10.8 Å². The first-order valence-corrected chi connectivity index (χ1v) is 8.59. The summed E-state index contributed by atoms with van der Waals surface area (Å²) in [5.41, 5.74) is 1.78. The van der Waals surface area contributed by atoms with Crippen LogP contribution in [0.1, 0.15) is 26.4 Å². The van der Waals surface area contributed by atoms with Crippen molar-refractivity contribution in [2.24, 2.45) is 0 Å². The zero-order valence-corrected chi connectivity index (χ0v) is 15.8. The maximum atomic E-state index is 12.4. The Morgan fingerprint density at radius 1 is 1.08 bits per heavy atom. The van der Waals surface area contributed by atoms with Gasteiger partial charge in [-0.15, -0.1) is 11.3 Å². The van der Waals surface area contributed by atoms with E-state index in [-0.39, 0.29) is 17.9 Å². The molecule has 0 saturated heterocycles. The molecule has 2 N–H and O–H groups in total. The topological polar surface area (TPSA) is 93.7 Å². The number of hydrogen-bond donors (Lipinski definition) is 2. The number of rotatable bonds is 5. The molecule has 0 atom stereocenters. The van der Waals surface area contributed by atoms with Crippen molar-refractivity contribution in [1.29, 1.82) is 0 Å². The van der Waals surface area contributed by atoms with Crippen LogP contribution in [-0.4, -0.2) is 32.1 Å². The van der Waals surface area contributed by atoms with E-state index in [1.807, 2.05) is 6.92 Å². The Labute approximate surface area is 155 Å². The van der Waals surface area contributed by atoms with Crippen molar-refractivity contribution in [2.45, 2.75) is 20.3 Å². The van der Waals surface area contributed by atoms with Gasteiger partial charge in [0, 0.05) is 4.88 Å². The van der Waals surface area contributed by atoms with E-state index in [2.05, 4.69) is 15.4 Å². The molecule has 1 aromatic heterocycles. The van der Waals surface area contributed by atoms with Crippen LogP contribution in [0.25, 0.3) is 0 Å². The van der Waals surface area contributed by atoms with Crippen molar-refractivity contribution in [3.8, 4) is 5.75 Å². The van der Waals surface area contributed by atoms with Crippen molar-refractivity contribution in [1.82, 2.24) is 5.32 Å². The number of imide groups is 1. The monoisotopic (exact) mass is 376 g/mol. The highest BCUT2D eigenvalue weighted by molar-refractivity contribution is 7.16. The number of amides is 3. The van der Waals surface area contributed by atoms with Gasteiger partial charge in [0.05, 0.1) is 26.2 Å². The Balaban J connectivity index is 2.15. The summed E-state index contributed by atoms with van der Waals surface area (Å²) < 4.78 is 9.53. The summed E-state index contributed by atoms with van der Waals surface area (Å²) >= 11 is 1.28. The molecule has 0 saturated carbocycles. The van der Waals surface area contributed by atoms with Gasteiger partial charge in [0.2, 0.25) is 5.91 Å². The van der Waals surface area contributed by atoms with E-state index in [0.29, 0.717) is 16.3 Å². The number of anilines is 1. The lowest BCUT2D eigenvalue weighted by Crippen LogP contribution is -2.31. The molecule has 8 heteroatoms. The summed E-state index contributed by atoms with van der Waals surface area (Å²) in [5, 5.41) is 5.28. The van der Waals surface area contributed by atoms with Crippen molar-refractivity contribution in [3.63, 3.8) is 0 Å². The molecule has 138 valence electrons. The molecule has 2 aromatic rings. The smallest absolute Gasteiger partial charge is 0.413 e. The second-order valence-corrected chi connectivity index (χ2v) is 6.73. The molecule has 26 heavy (non-hydrogen) atoms. The molecule has 3 amide bonds. The van der Waals surface area contributed by atoms with Crippen LogP contribution in [-0.2, 0) is 16.0 Å². The van der Waals surface area contributed by atoms with Crippen LogP contribution in [0.3, 0.4) is 0 Å². The highest BCUT2D eigenvalue weighted by Crippen LogP contribution is 2.32. The van der Waals surface area contributed by atoms with Gasteiger partial charge in [-0.05, 0) is 37.1 Å². The van der Waals surface area contributed by atoms with Gasteiger partial charge >= 0.3 is 6.09 Å². The number of nitrogens with one attached hydrogen (secondary N) is 2. The Morgan fingerprint density at radius 3 is 2.31 bits per heavy atom. The molecule has 0 spiro atoms. The van der Waals surface area contributed by atoms with E-state index in [0.717, 1.165) is 10.4 Å². The standard InChI is InChI=1S/C18H20N2O5S/c1-10-11(2)26-17(15(10)16(22)20-18(23)25-4)19-14(21)9-12-5-7-13(24-3)8-6-12/h5-8H,9H2,1-4H3,(H,19,21)(H,20,22,23). The van der Waals surface area contributed by atoms with Gasteiger partial charge in [0.15, 0.2) is 0 Å². The molecular weight excluding hydrogens is 356 g/mol. The third-order valence-corrected chi connectivity index (χ3v) is 4.91. The highest BCUT2D eigenvalue weighted by atomic mass is 32.1. The van der Waals surface area contributed by atoms with Gasteiger partial charge in [-0.3, -0.25) is 14.9 Å². The minimum absolute atomic E-state index is 0.151. The van der Waals surface area contributed by atoms with Crippen molar-refractivity contribution in [2.75, 3.05) is 19.5 Å². The lowest BCUT2D eigenvalue weighted by Gasteiger charge is -2.08. The van der Waals surface area contributed by atoms with Crippen molar-refractivity contribution in [3.05, 3.63) is 45.8 Å². The number of carbonyl (C=O) groups excluding carboxylic acids is 3. The average molecular weight is 376 g/mol. The van der Waals surface area contributed by atoms with Gasteiger partial charge < -0.3 is 14.8 Å². The summed E-state index contributed by atoms with van der Waals surface area (Å²) in [6.07, 6.45) is -0.702. The van der Waals surface area contributed by atoms with Crippen molar-refractivity contribution < 1.29 is 23.9 Å². The van der Waals surface area contributed by atoms with Gasteiger partial charge in [-0.1, -0.05) is 12.1 Å². The van der Waals surface area contributed by atoms with Crippen LogP contribution in [0.2, 0.25) is 0 Å². The van der Waals surface area contributed by atoms with Crippen LogP contribution in [0.5, 0.6) is 5.75 Å². The summed E-state index contributed by atoms with van der Waals surface area (Å²) in [6.45, 7) is 3.60. The zero-order chi connectivity index (χ0) is 19.3. The molecule has 7 nitrogen and oxygen atoms in total. The molecule has 0 aliphatic carbocycles. The minimum Gasteiger partial charge on any atom is -0.497 e. The Kier molecular flexibility index (Phi) is 6.35. The first-order chi connectivity index (χ1) is 12.3. The Morgan fingerprint density at radius 2 is 1.73 bits per heavy atom. The van der Waals surface area contributed by atoms with Gasteiger partial charge in [-0.2, -0.15) is 0 Å². The Bertz CT molecular complexity index is 827. The molecule has 0 bridgehead atoms. The van der Waals surface area contributed by atoms with E-state index >= 15 is 0 Å². The lowest BCUT2D eigenvalue weighted by molar-refractivity contribution is -0.115. The molecule has 0 aliphatic heterocycles. The molecule has 0 fully saturated rings. The highest BCUT2D eigenvalue weighted by Gasteiger charge is 2.22. The maximum absolute atomic E-state index is 12.4. The van der Waals surface area contributed by atoms with E-state index < -0.39 is 12.0 Å². The van der Waals surface area contributed by atoms with Crippen LogP contribution in [0.15, 0.2) is 24.3 Å². The van der Waals surface area contributed by atoms with Crippen LogP contribution >= 0.6 is 11.3 Å². The predicted molar refractivity (Wildman–Crippen MR) is 99.0 cm³/mol. The summed E-state index contributed by atoms with van der Waals surface area (Å²) in [4.78, 5) is 36.8. The number of alkyl carbamates (subject to hydrolysis) is 1. The first kappa shape index (κ1) is 19.5. The van der Waals surface area contributed by atoms with E-state index in [4.69, 9.17) is 4.74 Å². The maximum Gasteiger partial charge on any atom is 0.413 e. The van der Waals surface area contributed by atoms with Crippen molar-refractivity contribution >= 4 is 34.2 Å². The number of ether oxygens (including phenoxy) is 2. The molecule has 1 aromatic carbocycles. The summed E-state index contributed by atoms with van der Waals surface area (Å²) in [6, 6.07) is 7.15. The first-order valence-electron chi connectivity index (χ1n) is 7.77.